The van der Waals surface area contributed by atoms with E-state index in [2.05, 4.69) is 21.9 Å². The highest BCUT2D eigenvalue weighted by atomic mass is 19.4. The average Bonchev–Trinajstić information content (AvgIpc) is 3.03. The Morgan fingerprint density at radius 2 is 2.03 bits per heavy atom. The number of fused-ring (bicyclic) bond motifs is 1. The lowest BCUT2D eigenvalue weighted by atomic mass is 9.78. The zero-order chi connectivity index (χ0) is 20.9. The molecule has 1 N–H and O–H groups in total. The van der Waals surface area contributed by atoms with Crippen molar-refractivity contribution < 1.29 is 22.6 Å². The Morgan fingerprint density at radius 3 is 2.72 bits per heavy atom. The molecule has 0 atom stereocenters. The fourth-order valence-electron chi connectivity index (χ4n) is 4.41. The van der Waals surface area contributed by atoms with Crippen LogP contribution in [-0.4, -0.2) is 67.9 Å². The van der Waals surface area contributed by atoms with Gasteiger partial charge in [-0.1, -0.05) is 0 Å². The number of aromatic nitrogens is 2. The number of halogens is 3. The molecule has 1 aromatic heterocycles. The van der Waals surface area contributed by atoms with Gasteiger partial charge < -0.3 is 14.8 Å². The van der Waals surface area contributed by atoms with Gasteiger partial charge in [-0.3, -0.25) is 9.58 Å². The van der Waals surface area contributed by atoms with E-state index in [9.17, 15) is 13.2 Å². The maximum Gasteiger partial charge on any atom is 0.411 e. The molecule has 0 unspecified atom stereocenters. The standard InChI is InChI=1S/C20H33F3N4O2/c1-24-7-8-26(2)11-17-19(18-13-28-10-9-27(18)25-17)16-5-3-15(4-6-16)12-29-14-20(21,22)23/h15-16,24H,3-14H2,1-2H3. The van der Waals surface area contributed by atoms with Crippen LogP contribution >= 0.6 is 0 Å². The second-order valence-corrected chi connectivity index (χ2v) is 8.27. The van der Waals surface area contributed by atoms with Crippen LogP contribution in [0.3, 0.4) is 0 Å². The van der Waals surface area contributed by atoms with E-state index in [1.165, 1.54) is 11.3 Å². The molecule has 0 aromatic carbocycles. The number of rotatable bonds is 9. The van der Waals surface area contributed by atoms with Crippen LogP contribution in [0.1, 0.15) is 48.6 Å². The van der Waals surface area contributed by atoms with Gasteiger partial charge in [0.1, 0.15) is 6.61 Å². The lowest BCUT2D eigenvalue weighted by Crippen LogP contribution is -2.28. The van der Waals surface area contributed by atoms with Gasteiger partial charge in [0.15, 0.2) is 0 Å². The Balaban J connectivity index is 1.63. The van der Waals surface area contributed by atoms with Gasteiger partial charge in [0.05, 0.1) is 31.1 Å². The van der Waals surface area contributed by atoms with Crippen LogP contribution in [0.4, 0.5) is 13.2 Å². The summed E-state index contributed by atoms with van der Waals surface area (Å²) in [5.41, 5.74) is 3.63. The van der Waals surface area contributed by atoms with E-state index in [-0.39, 0.29) is 12.5 Å². The van der Waals surface area contributed by atoms with Crippen molar-refractivity contribution in [2.75, 3.05) is 47.0 Å². The van der Waals surface area contributed by atoms with Gasteiger partial charge in [-0.05, 0) is 51.6 Å². The van der Waals surface area contributed by atoms with Crippen molar-refractivity contribution in [3.05, 3.63) is 17.0 Å². The van der Waals surface area contributed by atoms with Crippen LogP contribution in [0.2, 0.25) is 0 Å². The van der Waals surface area contributed by atoms with Crippen molar-refractivity contribution >= 4 is 0 Å². The molecule has 3 rings (SSSR count). The quantitative estimate of drug-likeness (QED) is 0.668. The van der Waals surface area contributed by atoms with E-state index in [0.717, 1.165) is 57.6 Å². The molecular formula is C20H33F3N4O2. The molecule has 166 valence electrons. The van der Waals surface area contributed by atoms with E-state index >= 15 is 0 Å². The lowest BCUT2D eigenvalue weighted by molar-refractivity contribution is -0.177. The summed E-state index contributed by atoms with van der Waals surface area (Å²) in [6.45, 7) is 3.77. The van der Waals surface area contributed by atoms with Crippen molar-refractivity contribution in [2.45, 2.75) is 57.5 Å². The van der Waals surface area contributed by atoms with Gasteiger partial charge in [-0.15, -0.1) is 0 Å². The average molecular weight is 419 g/mol. The molecule has 2 heterocycles. The van der Waals surface area contributed by atoms with Crippen LogP contribution in [0, 0.1) is 5.92 Å². The normalized spacial score (nSPS) is 22.8. The molecule has 1 aliphatic heterocycles. The Bertz CT molecular complexity index is 642. The smallest absolute Gasteiger partial charge is 0.373 e. The Kier molecular flexibility index (Phi) is 7.95. The molecule has 1 aromatic rings. The van der Waals surface area contributed by atoms with Crippen LogP contribution in [-0.2, 0) is 29.2 Å². The van der Waals surface area contributed by atoms with Crippen LogP contribution in [0.15, 0.2) is 0 Å². The SMILES string of the molecule is CNCCN(C)Cc1nn2c(c1C1CCC(COCC(F)(F)F)CC1)COCC2. The summed E-state index contributed by atoms with van der Waals surface area (Å²) in [5.74, 6) is 0.602. The molecule has 1 fully saturated rings. The number of hydrogen-bond donors (Lipinski definition) is 1. The fourth-order valence-corrected chi connectivity index (χ4v) is 4.41. The molecule has 0 amide bonds. The van der Waals surface area contributed by atoms with Crippen molar-refractivity contribution in [3.8, 4) is 0 Å². The van der Waals surface area contributed by atoms with Crippen molar-refractivity contribution in [3.63, 3.8) is 0 Å². The first kappa shape index (κ1) is 22.5. The number of nitrogens with one attached hydrogen (secondary N) is 1. The maximum absolute atomic E-state index is 12.3. The third-order valence-corrected chi connectivity index (χ3v) is 5.90. The third kappa shape index (κ3) is 6.41. The Hall–Kier alpha value is -1.16. The molecule has 1 saturated carbocycles. The number of hydrogen-bond acceptors (Lipinski definition) is 5. The molecule has 0 radical (unpaired) electrons. The molecule has 1 aliphatic carbocycles. The predicted molar refractivity (Wildman–Crippen MR) is 104 cm³/mol. The molecule has 29 heavy (non-hydrogen) atoms. The molecule has 0 spiro atoms. The minimum absolute atomic E-state index is 0.196. The molecule has 0 saturated heterocycles. The van der Waals surface area contributed by atoms with Gasteiger partial charge in [0, 0.05) is 31.8 Å². The zero-order valence-corrected chi connectivity index (χ0v) is 17.4. The molecule has 9 heteroatoms. The minimum Gasteiger partial charge on any atom is -0.373 e. The van der Waals surface area contributed by atoms with Gasteiger partial charge in [-0.2, -0.15) is 18.3 Å². The minimum atomic E-state index is -4.25. The Labute approximate surface area is 170 Å². The second kappa shape index (κ2) is 10.2. The summed E-state index contributed by atoms with van der Waals surface area (Å²) in [7, 11) is 4.05. The van der Waals surface area contributed by atoms with Gasteiger partial charge in [-0.25, -0.2) is 0 Å². The van der Waals surface area contributed by atoms with E-state index in [1.807, 2.05) is 7.05 Å². The number of ether oxygens (including phenoxy) is 2. The summed E-state index contributed by atoms with van der Waals surface area (Å²) in [4.78, 5) is 2.27. The fraction of sp³-hybridized carbons (Fsp3) is 0.850. The predicted octanol–water partition coefficient (Wildman–Crippen LogP) is 2.92. The van der Waals surface area contributed by atoms with Crippen LogP contribution < -0.4 is 5.32 Å². The van der Waals surface area contributed by atoms with Crippen LogP contribution in [0.25, 0.3) is 0 Å². The number of nitrogens with zero attached hydrogens (tertiary/aromatic N) is 3. The van der Waals surface area contributed by atoms with Gasteiger partial charge in [0.25, 0.3) is 0 Å². The summed E-state index contributed by atoms with van der Waals surface area (Å²) in [6.07, 6.45) is -0.535. The van der Waals surface area contributed by atoms with Crippen molar-refractivity contribution in [1.82, 2.24) is 20.0 Å². The van der Waals surface area contributed by atoms with E-state index in [0.29, 0.717) is 19.1 Å². The topological polar surface area (TPSA) is 51.6 Å². The van der Waals surface area contributed by atoms with Crippen molar-refractivity contribution in [1.29, 1.82) is 0 Å². The lowest BCUT2D eigenvalue weighted by Gasteiger charge is -2.30. The maximum atomic E-state index is 12.3. The third-order valence-electron chi connectivity index (χ3n) is 5.90. The molecular weight excluding hydrogens is 385 g/mol. The van der Waals surface area contributed by atoms with Crippen molar-refractivity contribution in [2.24, 2.45) is 5.92 Å². The second-order valence-electron chi connectivity index (χ2n) is 8.27. The molecule has 0 bridgehead atoms. The van der Waals surface area contributed by atoms with Gasteiger partial charge in [0.2, 0.25) is 0 Å². The highest BCUT2D eigenvalue weighted by molar-refractivity contribution is 5.31. The van der Waals surface area contributed by atoms with E-state index in [4.69, 9.17) is 14.6 Å². The van der Waals surface area contributed by atoms with Gasteiger partial charge >= 0.3 is 6.18 Å². The summed E-state index contributed by atoms with van der Waals surface area (Å²) < 4.78 is 49.6. The molecule has 2 aliphatic rings. The highest BCUT2D eigenvalue weighted by Crippen LogP contribution is 2.40. The van der Waals surface area contributed by atoms with E-state index < -0.39 is 12.8 Å². The first-order valence-corrected chi connectivity index (χ1v) is 10.5. The Morgan fingerprint density at radius 1 is 1.28 bits per heavy atom. The summed E-state index contributed by atoms with van der Waals surface area (Å²) >= 11 is 0. The molecule has 6 nitrogen and oxygen atoms in total. The van der Waals surface area contributed by atoms with Crippen LogP contribution in [0.5, 0.6) is 0 Å². The first-order valence-electron chi connectivity index (χ1n) is 10.5. The highest BCUT2D eigenvalue weighted by Gasteiger charge is 2.32. The summed E-state index contributed by atoms with van der Waals surface area (Å²) in [5, 5.41) is 8.07. The number of likely N-dealkylation sites (N-methyl/N-ethyl adjacent to an activating group) is 2. The number of alkyl halides is 3. The first-order chi connectivity index (χ1) is 13.9. The summed E-state index contributed by atoms with van der Waals surface area (Å²) in [6, 6.07) is 0. The largest absolute Gasteiger partial charge is 0.411 e. The van der Waals surface area contributed by atoms with E-state index in [1.54, 1.807) is 0 Å². The monoisotopic (exact) mass is 418 g/mol. The zero-order valence-electron chi connectivity index (χ0n) is 17.4.